The number of carbonyl (C=O) groups is 3. The van der Waals surface area contributed by atoms with Gasteiger partial charge in [-0.25, -0.2) is 9.59 Å². The number of rotatable bonds is 5. The molecule has 2 rings (SSSR count). The van der Waals surface area contributed by atoms with Crippen LogP contribution in [0.5, 0.6) is 0 Å². The number of amides is 3. The molecule has 7 nitrogen and oxygen atoms in total. The zero-order valence-corrected chi connectivity index (χ0v) is 10.6. The van der Waals surface area contributed by atoms with E-state index < -0.39 is 23.9 Å². The normalized spacial score (nSPS) is 15.2. The number of primary amides is 1. The molecule has 7 heteroatoms. The van der Waals surface area contributed by atoms with Crippen LogP contribution < -0.4 is 16.4 Å². The first-order chi connectivity index (χ1) is 9.47. The van der Waals surface area contributed by atoms with E-state index in [-0.39, 0.29) is 5.92 Å². The fraction of sp³-hybridized carbons (Fsp3) is 0.308. The van der Waals surface area contributed by atoms with Crippen molar-refractivity contribution in [3.05, 3.63) is 29.8 Å². The quantitative estimate of drug-likeness (QED) is 0.635. The van der Waals surface area contributed by atoms with E-state index in [0.29, 0.717) is 11.3 Å². The fourth-order valence-electron chi connectivity index (χ4n) is 1.84. The van der Waals surface area contributed by atoms with E-state index in [1.54, 1.807) is 0 Å². The van der Waals surface area contributed by atoms with Crippen LogP contribution in [-0.4, -0.2) is 29.1 Å². The summed E-state index contributed by atoms with van der Waals surface area (Å²) >= 11 is 0. The van der Waals surface area contributed by atoms with Crippen LogP contribution >= 0.6 is 0 Å². The monoisotopic (exact) mass is 277 g/mol. The van der Waals surface area contributed by atoms with Crippen LogP contribution in [0, 0.1) is 5.92 Å². The first-order valence-electron chi connectivity index (χ1n) is 6.17. The zero-order valence-electron chi connectivity index (χ0n) is 10.6. The highest BCUT2D eigenvalue weighted by molar-refractivity contribution is 5.95. The lowest BCUT2D eigenvalue weighted by Crippen LogP contribution is -2.44. The lowest BCUT2D eigenvalue weighted by molar-refractivity contribution is -0.139. The largest absolute Gasteiger partial charge is 0.480 e. The van der Waals surface area contributed by atoms with Crippen LogP contribution in [0.1, 0.15) is 23.2 Å². The van der Waals surface area contributed by atoms with Gasteiger partial charge in [-0.05, 0) is 43.0 Å². The third kappa shape index (κ3) is 3.47. The molecule has 106 valence electrons. The summed E-state index contributed by atoms with van der Waals surface area (Å²) in [6, 6.07) is 4.55. The number of carbonyl (C=O) groups excluding carboxylic acids is 2. The Labute approximate surface area is 115 Å². The lowest BCUT2D eigenvalue weighted by atomic mass is 10.2. The average molecular weight is 277 g/mol. The Morgan fingerprint density at radius 1 is 1.20 bits per heavy atom. The molecule has 1 aliphatic carbocycles. The van der Waals surface area contributed by atoms with Crippen LogP contribution in [0.25, 0.3) is 0 Å². The second-order valence-corrected chi connectivity index (χ2v) is 4.69. The molecule has 5 N–H and O–H groups in total. The smallest absolute Gasteiger partial charge is 0.326 e. The second-order valence-electron chi connectivity index (χ2n) is 4.69. The molecule has 3 amide bonds. The number of anilines is 1. The van der Waals surface area contributed by atoms with E-state index in [4.69, 9.17) is 10.8 Å². The van der Waals surface area contributed by atoms with Crippen LogP contribution in [0.15, 0.2) is 24.3 Å². The maximum atomic E-state index is 11.7. The van der Waals surface area contributed by atoms with Gasteiger partial charge >= 0.3 is 12.0 Å². The Balaban J connectivity index is 1.93. The van der Waals surface area contributed by atoms with Crippen molar-refractivity contribution in [1.82, 2.24) is 5.32 Å². The fourth-order valence-corrected chi connectivity index (χ4v) is 1.84. The molecule has 0 radical (unpaired) electrons. The molecule has 20 heavy (non-hydrogen) atoms. The number of carboxylic acid groups (broad SMARTS) is 1. The van der Waals surface area contributed by atoms with Gasteiger partial charge in [0.2, 0.25) is 5.91 Å². The molecule has 0 bridgehead atoms. The molecule has 1 saturated carbocycles. The van der Waals surface area contributed by atoms with Gasteiger partial charge in [-0.3, -0.25) is 4.79 Å². The highest BCUT2D eigenvalue weighted by Gasteiger charge is 2.37. The Morgan fingerprint density at radius 2 is 1.80 bits per heavy atom. The molecular formula is C13H15N3O4. The van der Waals surface area contributed by atoms with E-state index in [0.717, 1.165) is 12.8 Å². The number of carboxylic acids is 1. The maximum Gasteiger partial charge on any atom is 0.326 e. The first kappa shape index (κ1) is 13.9. The summed E-state index contributed by atoms with van der Waals surface area (Å²) in [6.45, 7) is 0. The van der Waals surface area contributed by atoms with E-state index in [1.165, 1.54) is 24.3 Å². The van der Waals surface area contributed by atoms with Gasteiger partial charge in [-0.15, -0.1) is 0 Å². The van der Waals surface area contributed by atoms with Gasteiger partial charge in [-0.1, -0.05) is 0 Å². The Kier molecular flexibility index (Phi) is 3.88. The van der Waals surface area contributed by atoms with Crippen molar-refractivity contribution < 1.29 is 19.5 Å². The summed E-state index contributed by atoms with van der Waals surface area (Å²) in [5.74, 6) is -1.58. The zero-order chi connectivity index (χ0) is 14.7. The highest BCUT2D eigenvalue weighted by atomic mass is 16.4. The van der Waals surface area contributed by atoms with Gasteiger partial charge in [0.25, 0.3) is 0 Å². The van der Waals surface area contributed by atoms with Gasteiger partial charge in [0.15, 0.2) is 0 Å². The molecule has 0 spiro atoms. The number of benzene rings is 1. The minimum absolute atomic E-state index is 0.00971. The number of nitrogens with one attached hydrogen (secondary N) is 2. The van der Waals surface area contributed by atoms with Gasteiger partial charge in [0.05, 0.1) is 0 Å². The van der Waals surface area contributed by atoms with Crippen molar-refractivity contribution in [1.29, 1.82) is 0 Å². The Hall–Kier alpha value is -2.57. The topological polar surface area (TPSA) is 122 Å². The average Bonchev–Trinajstić information content (AvgIpc) is 3.20. The van der Waals surface area contributed by atoms with E-state index in [2.05, 4.69) is 10.6 Å². The predicted octanol–water partition coefficient (Wildman–Crippen LogP) is 0.770. The van der Waals surface area contributed by atoms with E-state index >= 15 is 0 Å². The minimum atomic E-state index is -1.04. The Morgan fingerprint density at radius 3 is 2.25 bits per heavy atom. The second kappa shape index (κ2) is 5.60. The summed E-state index contributed by atoms with van der Waals surface area (Å²) in [5.41, 5.74) is 5.88. The first-order valence-corrected chi connectivity index (χ1v) is 6.17. The number of hydrogen-bond donors (Lipinski definition) is 4. The van der Waals surface area contributed by atoms with Gasteiger partial charge in [0, 0.05) is 11.3 Å². The van der Waals surface area contributed by atoms with Gasteiger partial charge < -0.3 is 21.5 Å². The molecule has 1 aromatic rings. The molecule has 1 fully saturated rings. The van der Waals surface area contributed by atoms with Crippen LogP contribution in [-0.2, 0) is 4.79 Å². The van der Waals surface area contributed by atoms with Crippen LogP contribution in [0.2, 0.25) is 0 Å². The van der Waals surface area contributed by atoms with Crippen LogP contribution in [0.4, 0.5) is 10.5 Å². The van der Waals surface area contributed by atoms with Gasteiger partial charge in [0.1, 0.15) is 6.04 Å². The molecular weight excluding hydrogens is 262 g/mol. The molecule has 0 aliphatic heterocycles. The number of nitrogens with two attached hydrogens (primary N) is 1. The Bertz CT molecular complexity index is 537. The predicted molar refractivity (Wildman–Crippen MR) is 71.3 cm³/mol. The van der Waals surface area contributed by atoms with Crippen molar-refractivity contribution in [3.63, 3.8) is 0 Å². The third-order valence-corrected chi connectivity index (χ3v) is 3.07. The number of urea groups is 1. The molecule has 1 atom stereocenters. The van der Waals surface area contributed by atoms with Crippen molar-refractivity contribution in [2.24, 2.45) is 11.7 Å². The minimum Gasteiger partial charge on any atom is -0.480 e. The lowest BCUT2D eigenvalue weighted by Gasteiger charge is -2.14. The van der Waals surface area contributed by atoms with Crippen molar-refractivity contribution in [3.8, 4) is 0 Å². The van der Waals surface area contributed by atoms with Crippen molar-refractivity contribution in [2.75, 3.05) is 5.32 Å². The molecule has 1 aromatic carbocycles. The molecule has 1 unspecified atom stereocenters. The highest BCUT2D eigenvalue weighted by Crippen LogP contribution is 2.32. The van der Waals surface area contributed by atoms with Crippen molar-refractivity contribution >= 4 is 23.6 Å². The number of aliphatic carboxylic acids is 1. The van der Waals surface area contributed by atoms with E-state index in [9.17, 15) is 14.4 Å². The molecule has 0 aromatic heterocycles. The van der Waals surface area contributed by atoms with Crippen molar-refractivity contribution in [2.45, 2.75) is 18.9 Å². The maximum absolute atomic E-state index is 11.7. The summed E-state index contributed by atoms with van der Waals surface area (Å²) in [4.78, 5) is 33.6. The molecule has 0 saturated heterocycles. The third-order valence-electron chi connectivity index (χ3n) is 3.07. The van der Waals surface area contributed by atoms with Crippen LogP contribution in [0.3, 0.4) is 0 Å². The van der Waals surface area contributed by atoms with E-state index in [1.807, 2.05) is 0 Å². The van der Waals surface area contributed by atoms with Gasteiger partial charge in [-0.2, -0.15) is 0 Å². The summed E-state index contributed by atoms with van der Waals surface area (Å²) in [5, 5.41) is 13.9. The summed E-state index contributed by atoms with van der Waals surface area (Å²) in [7, 11) is 0. The summed E-state index contributed by atoms with van der Waals surface area (Å²) < 4.78 is 0. The SMILES string of the molecule is NC(=O)c1ccc(NC(=O)NC(C(=O)O)C2CC2)cc1. The number of hydrogen-bond acceptors (Lipinski definition) is 3. The standard InChI is InChI=1S/C13H15N3O4/c14-11(17)8-3-5-9(6-4-8)15-13(20)16-10(12(18)19)7-1-2-7/h3-7,10H,1-2H2,(H2,14,17)(H,18,19)(H2,15,16,20). The molecule has 1 aliphatic rings. The summed E-state index contributed by atoms with van der Waals surface area (Å²) in [6.07, 6.45) is 1.62. The molecule has 0 heterocycles.